The lowest BCUT2D eigenvalue weighted by Gasteiger charge is -2.29. The van der Waals surface area contributed by atoms with Gasteiger partial charge in [0.2, 0.25) is 0 Å². The Morgan fingerprint density at radius 3 is 3.20 bits per heavy atom. The Morgan fingerprint density at radius 2 is 2.60 bits per heavy atom. The van der Waals surface area contributed by atoms with Gasteiger partial charge in [-0.05, 0) is 18.1 Å². The van der Waals surface area contributed by atoms with E-state index in [1.165, 1.54) is 0 Å². The van der Waals surface area contributed by atoms with Gasteiger partial charge in [0.25, 0.3) is 0 Å². The molecule has 5 heteroatoms. The first-order chi connectivity index (χ1) is 7.40. The molecule has 1 aromatic rings. The lowest BCUT2D eigenvalue weighted by Crippen LogP contribution is -2.49. The van der Waals surface area contributed by atoms with Crippen molar-refractivity contribution in [1.82, 2.24) is 5.43 Å². The van der Waals surface area contributed by atoms with Gasteiger partial charge < -0.3 is 9.15 Å². The van der Waals surface area contributed by atoms with Crippen molar-refractivity contribution in [3.8, 4) is 0 Å². The Bertz CT molecular complexity index is 273. The van der Waals surface area contributed by atoms with Crippen LogP contribution in [0.4, 0.5) is 0 Å². The topological polar surface area (TPSA) is 60.4 Å². The van der Waals surface area contributed by atoms with Crippen LogP contribution in [0, 0.1) is 0 Å². The molecule has 0 saturated carbocycles. The summed E-state index contributed by atoms with van der Waals surface area (Å²) in [5.41, 5.74) is 3.98. The Morgan fingerprint density at radius 1 is 1.67 bits per heavy atom. The highest BCUT2D eigenvalue weighted by Gasteiger charge is 2.24. The van der Waals surface area contributed by atoms with Crippen LogP contribution in [-0.4, -0.2) is 30.3 Å². The molecule has 2 unspecified atom stereocenters. The van der Waals surface area contributed by atoms with Crippen LogP contribution < -0.4 is 11.3 Å². The minimum Gasteiger partial charge on any atom is -0.472 e. The maximum absolute atomic E-state index is 5.69. The van der Waals surface area contributed by atoms with E-state index in [4.69, 9.17) is 15.0 Å². The summed E-state index contributed by atoms with van der Waals surface area (Å²) in [6.07, 6.45) is 4.47. The summed E-state index contributed by atoms with van der Waals surface area (Å²) in [5, 5.41) is 0. The number of hydrogen-bond acceptors (Lipinski definition) is 5. The van der Waals surface area contributed by atoms with Crippen molar-refractivity contribution in [3.05, 3.63) is 24.2 Å². The third-order valence-corrected chi connectivity index (χ3v) is 3.56. The largest absolute Gasteiger partial charge is 0.472 e. The molecule has 3 N–H and O–H groups in total. The molecule has 0 amide bonds. The highest BCUT2D eigenvalue weighted by molar-refractivity contribution is 7.99. The molecule has 0 bridgehead atoms. The van der Waals surface area contributed by atoms with Gasteiger partial charge in [0.1, 0.15) is 0 Å². The monoisotopic (exact) mass is 228 g/mol. The highest BCUT2D eigenvalue weighted by Crippen LogP contribution is 2.17. The molecule has 15 heavy (non-hydrogen) atoms. The van der Waals surface area contributed by atoms with Gasteiger partial charge in [0.05, 0.1) is 31.3 Å². The molecule has 84 valence electrons. The molecule has 2 heterocycles. The Kier molecular flexibility index (Phi) is 4.08. The number of hydrogen-bond donors (Lipinski definition) is 2. The van der Waals surface area contributed by atoms with Crippen molar-refractivity contribution in [1.29, 1.82) is 0 Å². The summed E-state index contributed by atoms with van der Waals surface area (Å²) < 4.78 is 10.7. The zero-order valence-corrected chi connectivity index (χ0v) is 9.33. The van der Waals surface area contributed by atoms with E-state index in [2.05, 4.69) is 5.43 Å². The van der Waals surface area contributed by atoms with E-state index in [1.54, 1.807) is 12.5 Å². The van der Waals surface area contributed by atoms with E-state index >= 15 is 0 Å². The number of ether oxygens (including phenoxy) is 1. The maximum Gasteiger partial charge on any atom is 0.0935 e. The lowest BCUT2D eigenvalue weighted by molar-refractivity contribution is 0.0471. The van der Waals surface area contributed by atoms with Gasteiger partial charge in [-0.25, -0.2) is 0 Å². The quantitative estimate of drug-likeness (QED) is 0.589. The SMILES string of the molecule is NNC(Cc1ccoc1)C1CSCCO1. The Hall–Kier alpha value is -0.490. The number of nitrogens with two attached hydrogens (primary N) is 1. The van der Waals surface area contributed by atoms with E-state index in [0.717, 1.165) is 30.1 Å². The first kappa shape index (κ1) is 11.0. The first-order valence-electron chi connectivity index (χ1n) is 5.06. The summed E-state index contributed by atoms with van der Waals surface area (Å²) in [6.45, 7) is 0.818. The van der Waals surface area contributed by atoms with Gasteiger partial charge in [-0.15, -0.1) is 0 Å². The van der Waals surface area contributed by atoms with Crippen LogP contribution in [0.1, 0.15) is 5.56 Å². The Labute approximate surface area is 93.5 Å². The van der Waals surface area contributed by atoms with Crippen LogP contribution >= 0.6 is 11.8 Å². The summed E-state index contributed by atoms with van der Waals surface area (Å²) in [5.74, 6) is 7.64. The average Bonchev–Trinajstić information content (AvgIpc) is 2.80. The fourth-order valence-electron chi connectivity index (χ4n) is 1.70. The second kappa shape index (κ2) is 5.55. The number of thioether (sulfide) groups is 1. The fraction of sp³-hybridized carbons (Fsp3) is 0.600. The predicted octanol–water partition coefficient (Wildman–Crippen LogP) is 0.786. The molecule has 0 aliphatic carbocycles. The van der Waals surface area contributed by atoms with E-state index in [-0.39, 0.29) is 12.1 Å². The number of hydrazine groups is 1. The molecule has 2 atom stereocenters. The molecule has 1 saturated heterocycles. The predicted molar refractivity (Wildman–Crippen MR) is 60.6 cm³/mol. The summed E-state index contributed by atoms with van der Waals surface area (Å²) in [4.78, 5) is 0. The van der Waals surface area contributed by atoms with Crippen molar-refractivity contribution >= 4 is 11.8 Å². The zero-order chi connectivity index (χ0) is 10.5. The van der Waals surface area contributed by atoms with Crippen LogP contribution in [0.25, 0.3) is 0 Å². The number of rotatable bonds is 4. The van der Waals surface area contributed by atoms with Crippen LogP contribution in [0.3, 0.4) is 0 Å². The number of nitrogens with one attached hydrogen (secondary N) is 1. The molecular formula is C10H16N2O2S. The van der Waals surface area contributed by atoms with Gasteiger partial charge in [-0.1, -0.05) is 0 Å². The van der Waals surface area contributed by atoms with E-state index < -0.39 is 0 Å². The second-order valence-corrected chi connectivity index (χ2v) is 4.74. The van der Waals surface area contributed by atoms with E-state index in [9.17, 15) is 0 Å². The molecule has 1 aliphatic rings. The van der Waals surface area contributed by atoms with Crippen LogP contribution in [-0.2, 0) is 11.2 Å². The van der Waals surface area contributed by atoms with Crippen molar-refractivity contribution in [2.45, 2.75) is 18.6 Å². The minimum absolute atomic E-state index is 0.162. The molecule has 1 fully saturated rings. The molecule has 1 aromatic heterocycles. The maximum atomic E-state index is 5.69. The second-order valence-electron chi connectivity index (χ2n) is 3.59. The van der Waals surface area contributed by atoms with E-state index in [0.29, 0.717) is 0 Å². The van der Waals surface area contributed by atoms with Gasteiger partial charge in [0.15, 0.2) is 0 Å². The van der Waals surface area contributed by atoms with Crippen LogP contribution in [0.2, 0.25) is 0 Å². The average molecular weight is 228 g/mol. The minimum atomic E-state index is 0.162. The lowest BCUT2D eigenvalue weighted by atomic mass is 10.1. The molecule has 2 rings (SSSR count). The highest BCUT2D eigenvalue weighted by atomic mass is 32.2. The molecule has 1 aliphatic heterocycles. The van der Waals surface area contributed by atoms with Crippen molar-refractivity contribution in [3.63, 3.8) is 0 Å². The molecular weight excluding hydrogens is 212 g/mol. The van der Waals surface area contributed by atoms with Crippen molar-refractivity contribution in [2.75, 3.05) is 18.1 Å². The van der Waals surface area contributed by atoms with Gasteiger partial charge >= 0.3 is 0 Å². The first-order valence-corrected chi connectivity index (χ1v) is 6.22. The third-order valence-electron chi connectivity index (χ3n) is 2.54. The number of furan rings is 1. The fourth-order valence-corrected chi connectivity index (χ4v) is 2.64. The van der Waals surface area contributed by atoms with Crippen molar-refractivity contribution in [2.24, 2.45) is 5.84 Å². The van der Waals surface area contributed by atoms with E-state index in [1.807, 2.05) is 17.8 Å². The molecule has 0 radical (unpaired) electrons. The van der Waals surface area contributed by atoms with Gasteiger partial charge in [-0.3, -0.25) is 11.3 Å². The summed E-state index contributed by atoms with van der Waals surface area (Å²) in [7, 11) is 0. The van der Waals surface area contributed by atoms with Gasteiger partial charge in [-0.2, -0.15) is 11.8 Å². The third kappa shape index (κ3) is 2.98. The Balaban J connectivity index is 1.91. The van der Waals surface area contributed by atoms with Crippen LogP contribution in [0.15, 0.2) is 23.0 Å². The molecule has 0 aromatic carbocycles. The van der Waals surface area contributed by atoms with Crippen LogP contribution in [0.5, 0.6) is 0 Å². The summed E-state index contributed by atoms with van der Waals surface area (Å²) in [6, 6.07) is 2.12. The van der Waals surface area contributed by atoms with Gasteiger partial charge in [0, 0.05) is 11.5 Å². The van der Waals surface area contributed by atoms with Crippen molar-refractivity contribution < 1.29 is 9.15 Å². The zero-order valence-electron chi connectivity index (χ0n) is 8.52. The molecule has 0 spiro atoms. The molecule has 4 nitrogen and oxygen atoms in total. The standard InChI is InChI=1S/C10H16N2O2S/c11-12-9(5-8-1-2-13-6-8)10-7-15-4-3-14-10/h1-2,6,9-10,12H,3-5,7,11H2. The smallest absolute Gasteiger partial charge is 0.0935 e. The summed E-state index contributed by atoms with van der Waals surface area (Å²) >= 11 is 1.92. The normalized spacial score (nSPS) is 23.9.